The van der Waals surface area contributed by atoms with Crippen molar-refractivity contribution in [1.82, 2.24) is 10.6 Å². The lowest BCUT2D eigenvalue weighted by molar-refractivity contribution is 0.406. The van der Waals surface area contributed by atoms with Crippen molar-refractivity contribution in [3.63, 3.8) is 0 Å². The highest BCUT2D eigenvalue weighted by Gasteiger charge is 2.04. The number of hydrogen-bond acceptors (Lipinski definition) is 4. The van der Waals surface area contributed by atoms with E-state index in [9.17, 15) is 5.11 Å². The lowest BCUT2D eigenvalue weighted by Crippen LogP contribution is -2.37. The number of thiophene rings is 1. The van der Waals surface area contributed by atoms with Crippen molar-refractivity contribution >= 4 is 17.3 Å². The molecular weight excluding hydrogens is 298 g/mol. The molecule has 3 N–H and O–H groups in total. The molecular formula is C16H21N3O2S. The number of phenolic OH excluding ortho intramolecular Hbond substituents is 1. The zero-order valence-electron chi connectivity index (χ0n) is 12.8. The van der Waals surface area contributed by atoms with Gasteiger partial charge in [-0.05, 0) is 29.5 Å². The van der Waals surface area contributed by atoms with Crippen LogP contribution in [0.1, 0.15) is 10.4 Å². The summed E-state index contributed by atoms with van der Waals surface area (Å²) in [6, 6.07) is 9.46. The van der Waals surface area contributed by atoms with Crippen LogP contribution in [0.3, 0.4) is 0 Å². The van der Waals surface area contributed by atoms with E-state index in [1.54, 1.807) is 31.6 Å². The number of aliphatic imine (C=N–C) groups is 1. The Hall–Kier alpha value is -2.21. The third-order valence-electron chi connectivity index (χ3n) is 3.21. The highest BCUT2D eigenvalue weighted by molar-refractivity contribution is 7.09. The summed E-state index contributed by atoms with van der Waals surface area (Å²) < 4.78 is 5.07. The van der Waals surface area contributed by atoms with Crippen molar-refractivity contribution < 1.29 is 9.84 Å². The quantitative estimate of drug-likeness (QED) is 0.565. The smallest absolute Gasteiger partial charge is 0.191 e. The Labute approximate surface area is 134 Å². The van der Waals surface area contributed by atoms with Gasteiger partial charge in [0.05, 0.1) is 13.7 Å². The molecule has 0 saturated heterocycles. The number of rotatable bonds is 6. The molecule has 2 aromatic rings. The van der Waals surface area contributed by atoms with Crippen LogP contribution < -0.4 is 15.4 Å². The van der Waals surface area contributed by atoms with Crippen LogP contribution in [0.2, 0.25) is 0 Å². The van der Waals surface area contributed by atoms with Gasteiger partial charge in [0.1, 0.15) is 11.5 Å². The topological polar surface area (TPSA) is 65.9 Å². The number of phenols is 1. The number of guanidine groups is 1. The fourth-order valence-electron chi connectivity index (χ4n) is 2.00. The van der Waals surface area contributed by atoms with Gasteiger partial charge in [-0.1, -0.05) is 12.1 Å². The van der Waals surface area contributed by atoms with Crippen LogP contribution >= 0.6 is 11.3 Å². The van der Waals surface area contributed by atoms with Gasteiger partial charge in [-0.25, -0.2) is 0 Å². The molecule has 0 atom stereocenters. The number of nitrogens with one attached hydrogen (secondary N) is 2. The molecule has 118 valence electrons. The zero-order valence-corrected chi connectivity index (χ0v) is 13.6. The van der Waals surface area contributed by atoms with E-state index in [1.807, 2.05) is 18.2 Å². The van der Waals surface area contributed by atoms with Crippen molar-refractivity contribution in [2.45, 2.75) is 13.0 Å². The van der Waals surface area contributed by atoms with Gasteiger partial charge in [0.15, 0.2) is 5.96 Å². The number of benzene rings is 1. The first-order valence-corrected chi connectivity index (χ1v) is 7.93. The standard InChI is InChI=1S/C16H21N3O2S/c1-17-16(19-11-14-4-3-9-22-14)18-8-7-12-5-6-13(21-2)10-15(12)20/h3-6,9-10,20H,7-8,11H2,1-2H3,(H2,17,18,19). The SMILES string of the molecule is CN=C(NCCc1ccc(OC)cc1O)NCc1cccs1. The molecule has 22 heavy (non-hydrogen) atoms. The Bertz CT molecular complexity index is 612. The number of hydrogen-bond donors (Lipinski definition) is 3. The number of aromatic hydroxyl groups is 1. The lowest BCUT2D eigenvalue weighted by Gasteiger charge is -2.12. The molecule has 0 fully saturated rings. The molecule has 0 unspecified atom stereocenters. The number of methoxy groups -OCH3 is 1. The van der Waals surface area contributed by atoms with Gasteiger partial charge in [0.2, 0.25) is 0 Å². The summed E-state index contributed by atoms with van der Waals surface area (Å²) in [4.78, 5) is 5.44. The van der Waals surface area contributed by atoms with Crippen LogP contribution in [0.15, 0.2) is 40.7 Å². The molecule has 0 amide bonds. The van der Waals surface area contributed by atoms with E-state index in [2.05, 4.69) is 27.1 Å². The van der Waals surface area contributed by atoms with Gasteiger partial charge in [-0.2, -0.15) is 0 Å². The van der Waals surface area contributed by atoms with Crippen molar-refractivity contribution in [3.05, 3.63) is 46.2 Å². The Morgan fingerprint density at radius 3 is 2.82 bits per heavy atom. The summed E-state index contributed by atoms with van der Waals surface area (Å²) in [5.74, 6) is 1.66. The summed E-state index contributed by atoms with van der Waals surface area (Å²) in [6.45, 7) is 1.44. The van der Waals surface area contributed by atoms with E-state index < -0.39 is 0 Å². The monoisotopic (exact) mass is 319 g/mol. The van der Waals surface area contributed by atoms with Gasteiger partial charge in [-0.15, -0.1) is 11.3 Å². The Balaban J connectivity index is 1.79. The van der Waals surface area contributed by atoms with Crippen molar-refractivity contribution in [2.24, 2.45) is 4.99 Å². The van der Waals surface area contributed by atoms with E-state index >= 15 is 0 Å². The predicted octanol–water partition coefficient (Wildman–Crippen LogP) is 2.37. The highest BCUT2D eigenvalue weighted by Crippen LogP contribution is 2.23. The van der Waals surface area contributed by atoms with Gasteiger partial charge >= 0.3 is 0 Å². The molecule has 6 heteroatoms. The second kappa shape index (κ2) is 8.29. The second-order valence-corrected chi connectivity index (χ2v) is 5.71. The summed E-state index contributed by atoms with van der Waals surface area (Å²) in [5, 5.41) is 18.5. The first-order valence-electron chi connectivity index (χ1n) is 7.05. The lowest BCUT2D eigenvalue weighted by atomic mass is 10.1. The van der Waals surface area contributed by atoms with Crippen LogP contribution in [-0.2, 0) is 13.0 Å². The maximum absolute atomic E-state index is 9.92. The summed E-state index contributed by atoms with van der Waals surface area (Å²) in [7, 11) is 3.33. The van der Waals surface area contributed by atoms with Gasteiger partial charge in [-0.3, -0.25) is 4.99 Å². The van der Waals surface area contributed by atoms with Crippen molar-refractivity contribution in [1.29, 1.82) is 0 Å². The molecule has 0 spiro atoms. The highest BCUT2D eigenvalue weighted by atomic mass is 32.1. The molecule has 0 aliphatic rings. The van der Waals surface area contributed by atoms with E-state index in [1.165, 1.54) is 4.88 Å². The number of nitrogens with zero attached hydrogens (tertiary/aromatic N) is 1. The van der Waals surface area contributed by atoms with E-state index in [0.29, 0.717) is 18.7 Å². The molecule has 1 aromatic heterocycles. The van der Waals surface area contributed by atoms with Gasteiger partial charge < -0.3 is 20.5 Å². The van der Waals surface area contributed by atoms with E-state index in [0.717, 1.165) is 18.1 Å². The minimum Gasteiger partial charge on any atom is -0.508 e. The Morgan fingerprint density at radius 1 is 1.32 bits per heavy atom. The van der Waals surface area contributed by atoms with E-state index in [-0.39, 0.29) is 5.75 Å². The first-order chi connectivity index (χ1) is 10.7. The van der Waals surface area contributed by atoms with Crippen LogP contribution in [-0.4, -0.2) is 31.8 Å². The molecule has 0 aliphatic heterocycles. The van der Waals surface area contributed by atoms with Crippen LogP contribution in [0.5, 0.6) is 11.5 Å². The molecule has 1 aromatic carbocycles. The minimum absolute atomic E-state index is 0.252. The maximum Gasteiger partial charge on any atom is 0.191 e. The zero-order chi connectivity index (χ0) is 15.8. The van der Waals surface area contributed by atoms with Crippen LogP contribution in [0, 0.1) is 0 Å². The predicted molar refractivity (Wildman–Crippen MR) is 90.9 cm³/mol. The molecule has 0 saturated carbocycles. The molecule has 1 heterocycles. The molecule has 0 aliphatic carbocycles. The molecule has 2 rings (SSSR count). The first kappa shape index (κ1) is 16.2. The molecule has 5 nitrogen and oxygen atoms in total. The van der Waals surface area contributed by atoms with Crippen molar-refractivity contribution in [2.75, 3.05) is 20.7 Å². The fourth-order valence-corrected chi connectivity index (χ4v) is 2.65. The largest absolute Gasteiger partial charge is 0.508 e. The third kappa shape index (κ3) is 4.66. The Kier molecular flexibility index (Phi) is 6.09. The second-order valence-electron chi connectivity index (χ2n) is 4.68. The number of ether oxygens (including phenoxy) is 1. The fraction of sp³-hybridized carbons (Fsp3) is 0.312. The van der Waals surface area contributed by atoms with Crippen LogP contribution in [0.4, 0.5) is 0 Å². The average molecular weight is 319 g/mol. The summed E-state index contributed by atoms with van der Waals surface area (Å²) in [5.41, 5.74) is 0.877. The molecule has 0 radical (unpaired) electrons. The third-order valence-corrected chi connectivity index (χ3v) is 4.09. The summed E-state index contributed by atoms with van der Waals surface area (Å²) >= 11 is 1.71. The van der Waals surface area contributed by atoms with Gasteiger partial charge in [0.25, 0.3) is 0 Å². The Morgan fingerprint density at radius 2 is 2.18 bits per heavy atom. The minimum atomic E-state index is 0.252. The molecule has 0 bridgehead atoms. The average Bonchev–Trinajstić information content (AvgIpc) is 3.05. The van der Waals surface area contributed by atoms with E-state index in [4.69, 9.17) is 4.74 Å². The van der Waals surface area contributed by atoms with Crippen molar-refractivity contribution in [3.8, 4) is 11.5 Å². The van der Waals surface area contributed by atoms with Crippen LogP contribution in [0.25, 0.3) is 0 Å². The van der Waals surface area contributed by atoms with Gasteiger partial charge in [0, 0.05) is 24.5 Å². The normalized spacial score (nSPS) is 11.3. The summed E-state index contributed by atoms with van der Waals surface area (Å²) in [6.07, 6.45) is 0.704. The maximum atomic E-state index is 9.92.